The SMILES string of the molecule is CC1(C)CCC(NC2CNC(=O)C2)CC1. The van der Waals surface area contributed by atoms with Crippen LogP contribution >= 0.6 is 0 Å². The molecule has 0 aromatic carbocycles. The molecule has 1 aliphatic heterocycles. The van der Waals surface area contributed by atoms with Gasteiger partial charge in [-0.1, -0.05) is 13.8 Å². The van der Waals surface area contributed by atoms with Gasteiger partial charge in [-0.15, -0.1) is 0 Å². The molecule has 0 aromatic rings. The van der Waals surface area contributed by atoms with Gasteiger partial charge in [0.15, 0.2) is 0 Å². The number of carbonyl (C=O) groups excluding carboxylic acids is 1. The minimum atomic E-state index is 0.198. The average molecular weight is 210 g/mol. The molecule has 2 rings (SSSR count). The number of amides is 1. The average Bonchev–Trinajstić information content (AvgIpc) is 2.55. The molecule has 1 atom stereocenters. The van der Waals surface area contributed by atoms with Crippen LogP contribution in [-0.2, 0) is 4.79 Å². The van der Waals surface area contributed by atoms with Crippen LogP contribution in [0.1, 0.15) is 46.0 Å². The van der Waals surface area contributed by atoms with Gasteiger partial charge < -0.3 is 10.6 Å². The Kier molecular flexibility index (Phi) is 3.01. The molecule has 1 saturated heterocycles. The van der Waals surface area contributed by atoms with E-state index in [1.54, 1.807) is 0 Å². The summed E-state index contributed by atoms with van der Waals surface area (Å²) < 4.78 is 0. The van der Waals surface area contributed by atoms with Crippen molar-refractivity contribution in [3.05, 3.63) is 0 Å². The van der Waals surface area contributed by atoms with E-state index >= 15 is 0 Å². The van der Waals surface area contributed by atoms with E-state index < -0.39 is 0 Å². The van der Waals surface area contributed by atoms with Crippen molar-refractivity contribution in [3.8, 4) is 0 Å². The first-order chi connectivity index (χ1) is 7.05. The number of rotatable bonds is 2. The van der Waals surface area contributed by atoms with Crippen LogP contribution in [0.15, 0.2) is 0 Å². The summed E-state index contributed by atoms with van der Waals surface area (Å²) in [5.74, 6) is 0.198. The van der Waals surface area contributed by atoms with Gasteiger partial charge in [-0.2, -0.15) is 0 Å². The molecule has 2 N–H and O–H groups in total. The Morgan fingerprint density at radius 3 is 2.47 bits per heavy atom. The molecule has 15 heavy (non-hydrogen) atoms. The van der Waals surface area contributed by atoms with Gasteiger partial charge >= 0.3 is 0 Å². The van der Waals surface area contributed by atoms with E-state index in [1.165, 1.54) is 25.7 Å². The Hall–Kier alpha value is -0.570. The summed E-state index contributed by atoms with van der Waals surface area (Å²) in [6, 6.07) is 1.01. The quantitative estimate of drug-likeness (QED) is 0.724. The molecule has 0 aromatic heterocycles. The van der Waals surface area contributed by atoms with Crippen LogP contribution in [0.25, 0.3) is 0 Å². The zero-order valence-corrected chi connectivity index (χ0v) is 9.81. The van der Waals surface area contributed by atoms with E-state index in [-0.39, 0.29) is 5.91 Å². The zero-order chi connectivity index (χ0) is 10.9. The van der Waals surface area contributed by atoms with Crippen molar-refractivity contribution in [2.75, 3.05) is 6.54 Å². The lowest BCUT2D eigenvalue weighted by molar-refractivity contribution is -0.119. The number of carbonyl (C=O) groups is 1. The molecule has 1 amide bonds. The van der Waals surface area contributed by atoms with Crippen molar-refractivity contribution >= 4 is 5.91 Å². The van der Waals surface area contributed by atoms with Crippen LogP contribution in [0.5, 0.6) is 0 Å². The lowest BCUT2D eigenvalue weighted by Gasteiger charge is -2.35. The van der Waals surface area contributed by atoms with Gasteiger partial charge in [0.25, 0.3) is 0 Å². The second-order valence-electron chi connectivity index (χ2n) is 5.81. The monoisotopic (exact) mass is 210 g/mol. The molecule has 1 heterocycles. The standard InChI is InChI=1S/C12H22N2O/c1-12(2)5-3-9(4-6-12)14-10-7-11(15)13-8-10/h9-10,14H,3-8H2,1-2H3,(H,13,15). The van der Waals surface area contributed by atoms with E-state index in [2.05, 4.69) is 24.5 Å². The van der Waals surface area contributed by atoms with Gasteiger partial charge in [0, 0.05) is 25.0 Å². The van der Waals surface area contributed by atoms with Gasteiger partial charge in [-0.3, -0.25) is 4.79 Å². The van der Waals surface area contributed by atoms with E-state index in [1.807, 2.05) is 0 Å². The molecule has 0 spiro atoms. The van der Waals surface area contributed by atoms with Crippen LogP contribution < -0.4 is 10.6 Å². The summed E-state index contributed by atoms with van der Waals surface area (Å²) in [5.41, 5.74) is 0.530. The van der Waals surface area contributed by atoms with Crippen LogP contribution in [0.3, 0.4) is 0 Å². The lowest BCUT2D eigenvalue weighted by atomic mass is 9.75. The van der Waals surface area contributed by atoms with Crippen molar-refractivity contribution < 1.29 is 4.79 Å². The van der Waals surface area contributed by atoms with Crippen molar-refractivity contribution in [1.82, 2.24) is 10.6 Å². The van der Waals surface area contributed by atoms with E-state index in [9.17, 15) is 4.79 Å². The molecule has 2 fully saturated rings. The number of hydrogen-bond donors (Lipinski definition) is 2. The number of nitrogens with one attached hydrogen (secondary N) is 2. The van der Waals surface area contributed by atoms with Crippen LogP contribution in [0.2, 0.25) is 0 Å². The summed E-state index contributed by atoms with van der Waals surface area (Å²) in [4.78, 5) is 11.0. The molecule has 0 radical (unpaired) electrons. The molecule has 1 saturated carbocycles. The molecule has 86 valence electrons. The van der Waals surface area contributed by atoms with Gasteiger partial charge in [-0.05, 0) is 31.1 Å². The number of hydrogen-bond acceptors (Lipinski definition) is 2. The predicted molar refractivity (Wildman–Crippen MR) is 60.6 cm³/mol. The van der Waals surface area contributed by atoms with E-state index in [4.69, 9.17) is 0 Å². The fraction of sp³-hybridized carbons (Fsp3) is 0.917. The third-order valence-electron chi connectivity index (χ3n) is 3.79. The van der Waals surface area contributed by atoms with Crippen LogP contribution in [-0.4, -0.2) is 24.5 Å². The minimum Gasteiger partial charge on any atom is -0.354 e. The molecule has 1 unspecified atom stereocenters. The first kappa shape index (κ1) is 10.9. The van der Waals surface area contributed by atoms with E-state index in [0.29, 0.717) is 23.9 Å². The normalized spacial score (nSPS) is 31.6. The summed E-state index contributed by atoms with van der Waals surface area (Å²) in [7, 11) is 0. The van der Waals surface area contributed by atoms with E-state index in [0.717, 1.165) is 6.54 Å². The second-order valence-corrected chi connectivity index (χ2v) is 5.81. The summed E-state index contributed by atoms with van der Waals surface area (Å²) in [6.07, 6.45) is 5.80. The highest BCUT2D eigenvalue weighted by Crippen LogP contribution is 2.35. The predicted octanol–water partition coefficient (Wildman–Crippen LogP) is 1.43. The van der Waals surface area contributed by atoms with Crippen molar-refractivity contribution in [1.29, 1.82) is 0 Å². The van der Waals surface area contributed by atoms with Gasteiger partial charge in [0.1, 0.15) is 0 Å². The maximum Gasteiger partial charge on any atom is 0.221 e. The van der Waals surface area contributed by atoms with Crippen molar-refractivity contribution in [2.45, 2.75) is 58.0 Å². The highest BCUT2D eigenvalue weighted by molar-refractivity contribution is 5.78. The van der Waals surface area contributed by atoms with Gasteiger partial charge in [0.2, 0.25) is 5.91 Å². The Morgan fingerprint density at radius 2 is 1.93 bits per heavy atom. The maximum atomic E-state index is 11.0. The maximum absolute atomic E-state index is 11.0. The van der Waals surface area contributed by atoms with Crippen molar-refractivity contribution in [3.63, 3.8) is 0 Å². The van der Waals surface area contributed by atoms with Gasteiger partial charge in [-0.25, -0.2) is 0 Å². The van der Waals surface area contributed by atoms with Crippen molar-refractivity contribution in [2.24, 2.45) is 5.41 Å². The Morgan fingerprint density at radius 1 is 1.27 bits per heavy atom. The smallest absolute Gasteiger partial charge is 0.221 e. The Labute approximate surface area is 92.0 Å². The highest BCUT2D eigenvalue weighted by Gasteiger charge is 2.29. The highest BCUT2D eigenvalue weighted by atomic mass is 16.1. The molecule has 2 aliphatic rings. The fourth-order valence-corrected chi connectivity index (χ4v) is 2.62. The topological polar surface area (TPSA) is 41.1 Å². The largest absolute Gasteiger partial charge is 0.354 e. The second kappa shape index (κ2) is 4.12. The third-order valence-corrected chi connectivity index (χ3v) is 3.79. The van der Waals surface area contributed by atoms with Gasteiger partial charge in [0.05, 0.1) is 0 Å². The first-order valence-electron chi connectivity index (χ1n) is 6.08. The lowest BCUT2D eigenvalue weighted by Crippen LogP contribution is -2.42. The fourth-order valence-electron chi connectivity index (χ4n) is 2.62. The molecule has 3 nitrogen and oxygen atoms in total. The molecule has 0 bridgehead atoms. The third kappa shape index (κ3) is 2.94. The first-order valence-corrected chi connectivity index (χ1v) is 6.08. The molecule has 1 aliphatic carbocycles. The zero-order valence-electron chi connectivity index (χ0n) is 9.81. The summed E-state index contributed by atoms with van der Waals surface area (Å²) >= 11 is 0. The van der Waals surface area contributed by atoms with Crippen LogP contribution in [0, 0.1) is 5.41 Å². The summed E-state index contributed by atoms with van der Waals surface area (Å²) in [6.45, 7) is 5.52. The summed E-state index contributed by atoms with van der Waals surface area (Å²) in [5, 5.41) is 6.48. The Bertz CT molecular complexity index is 240. The minimum absolute atomic E-state index is 0.198. The molecular formula is C12H22N2O. The molecule has 3 heteroatoms. The van der Waals surface area contributed by atoms with Crippen LogP contribution in [0.4, 0.5) is 0 Å². The Balaban J connectivity index is 1.75. The molecular weight excluding hydrogens is 188 g/mol.